The molecule has 5 nitrogen and oxygen atoms in total. The number of rotatable bonds is 5. The Kier molecular flexibility index (Phi) is 5.21. The Morgan fingerprint density at radius 1 is 1.00 bits per heavy atom. The summed E-state index contributed by atoms with van der Waals surface area (Å²) < 4.78 is 76.4. The third kappa shape index (κ3) is 3.85. The van der Waals surface area contributed by atoms with Crippen LogP contribution in [-0.2, 0) is 9.05 Å². The Morgan fingerprint density at radius 3 is 1.76 bits per heavy atom. The molecule has 1 atom stereocenters. The lowest BCUT2D eigenvalue weighted by atomic mass is 10.1. The van der Waals surface area contributed by atoms with Crippen LogP contribution in [0.5, 0.6) is 17.2 Å². The Bertz CT molecular complexity index is 615. The summed E-state index contributed by atoms with van der Waals surface area (Å²) in [7, 11) is 3.53. The second kappa shape index (κ2) is 6.18. The van der Waals surface area contributed by atoms with Crippen molar-refractivity contribution >= 4 is 19.7 Å². The molecule has 120 valence electrons. The summed E-state index contributed by atoms with van der Waals surface area (Å²) in [6, 6.07) is 1.96. The quantitative estimate of drug-likeness (QED) is 0.766. The first kappa shape index (κ1) is 17.7. The van der Waals surface area contributed by atoms with Gasteiger partial charge < -0.3 is 14.2 Å². The van der Waals surface area contributed by atoms with Gasteiger partial charge in [-0.15, -0.1) is 0 Å². The number of benzene rings is 1. The lowest BCUT2D eigenvalue weighted by Gasteiger charge is -2.21. The summed E-state index contributed by atoms with van der Waals surface area (Å²) in [5, 5.41) is -2.94. The molecule has 10 heteroatoms. The maximum atomic E-state index is 13.0. The van der Waals surface area contributed by atoms with Gasteiger partial charge in [0.2, 0.25) is 9.05 Å². The fourth-order valence-electron chi connectivity index (χ4n) is 1.75. The highest BCUT2D eigenvalue weighted by Crippen LogP contribution is 2.47. The Labute approximate surface area is 124 Å². The fourth-order valence-corrected chi connectivity index (χ4v) is 3.14. The monoisotopic (exact) mass is 348 g/mol. The van der Waals surface area contributed by atoms with E-state index in [-0.39, 0.29) is 17.2 Å². The topological polar surface area (TPSA) is 61.8 Å². The third-order valence-electron chi connectivity index (χ3n) is 2.60. The number of ether oxygens (including phenoxy) is 3. The van der Waals surface area contributed by atoms with Crippen molar-refractivity contribution in [3.8, 4) is 17.2 Å². The summed E-state index contributed by atoms with van der Waals surface area (Å²) in [5.74, 6) is -0.326. The van der Waals surface area contributed by atoms with Gasteiger partial charge in [0, 0.05) is 22.3 Å². The van der Waals surface area contributed by atoms with E-state index in [1.807, 2.05) is 0 Å². The molecule has 0 bridgehead atoms. The van der Waals surface area contributed by atoms with Gasteiger partial charge >= 0.3 is 6.18 Å². The number of hydrogen-bond acceptors (Lipinski definition) is 5. The largest absolute Gasteiger partial charge is 0.496 e. The second-order valence-corrected chi connectivity index (χ2v) is 6.56. The molecule has 0 radical (unpaired) electrons. The van der Waals surface area contributed by atoms with Crippen LogP contribution in [0.25, 0.3) is 0 Å². The van der Waals surface area contributed by atoms with Gasteiger partial charge in [0.25, 0.3) is 0 Å². The van der Waals surface area contributed by atoms with E-state index in [1.54, 1.807) is 0 Å². The molecule has 1 aromatic carbocycles. The number of alkyl halides is 3. The second-order valence-electron chi connectivity index (χ2n) is 3.85. The predicted molar refractivity (Wildman–Crippen MR) is 69.7 cm³/mol. The summed E-state index contributed by atoms with van der Waals surface area (Å²) in [6.45, 7) is 0. The first-order valence-corrected chi connectivity index (χ1v) is 7.73. The standard InChI is InChI=1S/C11H12ClF3O5S/c1-18-7-5-9(20-3)8(19-2)4-6(7)10(11(13,14)15)21(12,16)17/h4-5,10H,1-3H3. The average Bonchev–Trinajstić information content (AvgIpc) is 2.34. The number of hydrogen-bond donors (Lipinski definition) is 0. The van der Waals surface area contributed by atoms with Crippen molar-refractivity contribution in [2.75, 3.05) is 21.3 Å². The predicted octanol–water partition coefficient (Wildman–Crippen LogP) is 2.88. The first-order chi connectivity index (χ1) is 9.56. The molecule has 0 N–H and O–H groups in total. The highest BCUT2D eigenvalue weighted by atomic mass is 35.7. The van der Waals surface area contributed by atoms with Crippen molar-refractivity contribution in [2.24, 2.45) is 0 Å². The molecule has 0 saturated heterocycles. The van der Waals surface area contributed by atoms with Gasteiger partial charge in [-0.25, -0.2) is 8.42 Å². The van der Waals surface area contributed by atoms with Crippen molar-refractivity contribution in [1.29, 1.82) is 0 Å². The molecule has 0 aliphatic carbocycles. The van der Waals surface area contributed by atoms with Crippen LogP contribution < -0.4 is 14.2 Å². The van der Waals surface area contributed by atoms with E-state index in [0.717, 1.165) is 19.2 Å². The van der Waals surface area contributed by atoms with E-state index in [0.29, 0.717) is 0 Å². The molecule has 0 aliphatic heterocycles. The minimum absolute atomic E-state index is 0.0807. The molecule has 1 rings (SSSR count). The Morgan fingerprint density at radius 2 is 1.43 bits per heavy atom. The van der Waals surface area contributed by atoms with Crippen LogP contribution in [0.1, 0.15) is 10.8 Å². The van der Waals surface area contributed by atoms with Gasteiger partial charge in [-0.3, -0.25) is 0 Å². The zero-order valence-electron chi connectivity index (χ0n) is 11.2. The molecule has 0 amide bonds. The highest BCUT2D eigenvalue weighted by Gasteiger charge is 2.51. The fraction of sp³-hybridized carbons (Fsp3) is 0.455. The normalized spacial score (nSPS) is 13.7. The molecule has 0 saturated carbocycles. The van der Waals surface area contributed by atoms with Crippen LogP contribution in [0.3, 0.4) is 0 Å². The average molecular weight is 349 g/mol. The third-order valence-corrected chi connectivity index (χ3v) is 4.22. The first-order valence-electron chi connectivity index (χ1n) is 5.36. The molecule has 21 heavy (non-hydrogen) atoms. The molecule has 1 unspecified atom stereocenters. The van der Waals surface area contributed by atoms with Gasteiger partial charge in [0.05, 0.1) is 21.3 Å². The SMILES string of the molecule is COc1cc(OC)c(C(C(F)(F)F)S(=O)(=O)Cl)cc1OC. The summed E-state index contributed by atoms with van der Waals surface area (Å²) in [5.41, 5.74) is -0.683. The van der Waals surface area contributed by atoms with Crippen LogP contribution >= 0.6 is 10.7 Å². The van der Waals surface area contributed by atoms with Gasteiger partial charge in [-0.05, 0) is 6.07 Å². The zero-order chi connectivity index (χ0) is 16.4. The van der Waals surface area contributed by atoms with Crippen molar-refractivity contribution in [1.82, 2.24) is 0 Å². The summed E-state index contributed by atoms with van der Waals surface area (Å²) in [6.07, 6.45) is -5.12. The smallest absolute Gasteiger partial charge is 0.410 e. The highest BCUT2D eigenvalue weighted by molar-refractivity contribution is 8.14. The van der Waals surface area contributed by atoms with E-state index in [4.69, 9.17) is 24.9 Å². The summed E-state index contributed by atoms with van der Waals surface area (Å²) in [4.78, 5) is 0. The van der Waals surface area contributed by atoms with Crippen LogP contribution in [0.4, 0.5) is 13.2 Å². The van der Waals surface area contributed by atoms with Crippen LogP contribution in [0.2, 0.25) is 0 Å². The van der Waals surface area contributed by atoms with Crippen molar-refractivity contribution in [2.45, 2.75) is 11.4 Å². The van der Waals surface area contributed by atoms with Gasteiger partial charge in [0.15, 0.2) is 16.7 Å². The number of methoxy groups -OCH3 is 3. The van der Waals surface area contributed by atoms with E-state index in [1.165, 1.54) is 14.2 Å². The lowest BCUT2D eigenvalue weighted by molar-refractivity contribution is -0.131. The molecule has 0 spiro atoms. The van der Waals surface area contributed by atoms with E-state index in [2.05, 4.69) is 0 Å². The Balaban J connectivity index is 3.66. The molecular formula is C11H12ClF3O5S. The van der Waals surface area contributed by atoms with Crippen molar-refractivity contribution in [3.63, 3.8) is 0 Å². The van der Waals surface area contributed by atoms with Crippen LogP contribution in [-0.4, -0.2) is 35.9 Å². The van der Waals surface area contributed by atoms with E-state index < -0.39 is 26.0 Å². The molecule has 0 heterocycles. The minimum Gasteiger partial charge on any atom is -0.496 e. The van der Waals surface area contributed by atoms with Gasteiger partial charge in [0.1, 0.15) is 5.75 Å². The maximum absolute atomic E-state index is 13.0. The van der Waals surface area contributed by atoms with Gasteiger partial charge in [-0.1, -0.05) is 0 Å². The van der Waals surface area contributed by atoms with Crippen molar-refractivity contribution in [3.05, 3.63) is 17.7 Å². The molecule has 0 fully saturated rings. The van der Waals surface area contributed by atoms with Gasteiger partial charge in [-0.2, -0.15) is 13.2 Å². The summed E-state index contributed by atoms with van der Waals surface area (Å²) >= 11 is 0. The van der Waals surface area contributed by atoms with Crippen LogP contribution in [0, 0.1) is 0 Å². The van der Waals surface area contributed by atoms with Crippen molar-refractivity contribution < 1.29 is 35.8 Å². The number of halogens is 4. The molecular weight excluding hydrogens is 337 g/mol. The lowest BCUT2D eigenvalue weighted by Crippen LogP contribution is -2.26. The molecule has 0 aliphatic rings. The zero-order valence-corrected chi connectivity index (χ0v) is 12.8. The molecule has 0 aromatic heterocycles. The maximum Gasteiger partial charge on any atom is 0.410 e. The van der Waals surface area contributed by atoms with E-state index >= 15 is 0 Å². The Hall–Kier alpha value is -1.35. The van der Waals surface area contributed by atoms with Crippen LogP contribution in [0.15, 0.2) is 12.1 Å². The molecule has 1 aromatic rings. The van der Waals surface area contributed by atoms with E-state index in [9.17, 15) is 21.6 Å². The minimum atomic E-state index is -5.12.